The average molecular weight is 313 g/mol. The number of thiazole rings is 1. The first kappa shape index (κ1) is 14.5. The molecule has 22 heavy (non-hydrogen) atoms. The van der Waals surface area contributed by atoms with E-state index in [0.717, 1.165) is 21.4 Å². The molecular weight excluding hydrogens is 298 g/mol. The summed E-state index contributed by atoms with van der Waals surface area (Å²) in [7, 11) is 0. The minimum Gasteiger partial charge on any atom is -0.357 e. The summed E-state index contributed by atoms with van der Waals surface area (Å²) in [6, 6.07) is 11.6. The quantitative estimate of drug-likeness (QED) is 0.571. The molecule has 0 radical (unpaired) electrons. The lowest BCUT2D eigenvalue weighted by Crippen LogP contribution is -1.98. The molecule has 0 unspecified atom stereocenters. The molecule has 1 heterocycles. The van der Waals surface area contributed by atoms with Gasteiger partial charge in [-0.15, -0.1) is 0 Å². The topological polar surface area (TPSA) is 68.1 Å². The Kier molecular flexibility index (Phi) is 3.77. The molecule has 3 rings (SSSR count). The van der Waals surface area contributed by atoms with Crippen molar-refractivity contribution in [1.29, 1.82) is 0 Å². The third kappa shape index (κ3) is 2.65. The van der Waals surface area contributed by atoms with Crippen LogP contribution in [-0.2, 0) is 6.54 Å². The van der Waals surface area contributed by atoms with E-state index < -0.39 is 0 Å². The average Bonchev–Trinajstić information content (AvgIpc) is 2.94. The third-order valence-corrected chi connectivity index (χ3v) is 4.77. The second-order valence-corrected chi connectivity index (χ2v) is 6.13. The van der Waals surface area contributed by atoms with Gasteiger partial charge in [0, 0.05) is 12.6 Å². The van der Waals surface area contributed by atoms with Gasteiger partial charge in [-0.3, -0.25) is 10.1 Å². The van der Waals surface area contributed by atoms with Gasteiger partial charge in [-0.1, -0.05) is 41.7 Å². The Hall–Kier alpha value is -2.47. The fourth-order valence-corrected chi connectivity index (χ4v) is 3.33. The van der Waals surface area contributed by atoms with E-state index in [1.807, 2.05) is 44.2 Å². The van der Waals surface area contributed by atoms with Crippen molar-refractivity contribution < 1.29 is 4.92 Å². The summed E-state index contributed by atoms with van der Waals surface area (Å²) in [6.07, 6.45) is 0. The van der Waals surface area contributed by atoms with Crippen LogP contribution in [0.1, 0.15) is 16.7 Å². The fraction of sp³-hybridized carbons (Fsp3) is 0.188. The molecule has 0 aliphatic heterocycles. The largest absolute Gasteiger partial charge is 0.357 e. The molecule has 0 fully saturated rings. The molecule has 0 saturated carbocycles. The van der Waals surface area contributed by atoms with E-state index in [1.54, 1.807) is 6.07 Å². The lowest BCUT2D eigenvalue weighted by Gasteiger charge is -2.01. The van der Waals surface area contributed by atoms with Crippen molar-refractivity contribution >= 4 is 32.4 Å². The Morgan fingerprint density at radius 1 is 1.27 bits per heavy atom. The number of hydrogen-bond donors (Lipinski definition) is 1. The molecular formula is C16H15N3O2S. The van der Waals surface area contributed by atoms with Crippen molar-refractivity contribution in [3.8, 4) is 0 Å². The van der Waals surface area contributed by atoms with Crippen molar-refractivity contribution in [3.05, 3.63) is 63.2 Å². The maximum absolute atomic E-state index is 11.2. The van der Waals surface area contributed by atoms with E-state index >= 15 is 0 Å². The highest BCUT2D eigenvalue weighted by Crippen LogP contribution is 2.36. The monoisotopic (exact) mass is 313 g/mol. The summed E-state index contributed by atoms with van der Waals surface area (Å²) in [5.41, 5.74) is 3.64. The van der Waals surface area contributed by atoms with Gasteiger partial charge in [-0.2, -0.15) is 0 Å². The first-order valence-corrected chi connectivity index (χ1v) is 7.71. The maximum atomic E-state index is 11.2. The van der Waals surface area contributed by atoms with E-state index in [0.29, 0.717) is 17.2 Å². The van der Waals surface area contributed by atoms with Gasteiger partial charge in [0.1, 0.15) is 0 Å². The molecule has 112 valence electrons. The Balaban J connectivity index is 1.97. The Morgan fingerprint density at radius 3 is 2.68 bits per heavy atom. The molecule has 2 aromatic carbocycles. The number of nitro groups is 1. The summed E-state index contributed by atoms with van der Waals surface area (Å²) in [5.74, 6) is 0. The molecule has 0 saturated heterocycles. The molecule has 6 heteroatoms. The second-order valence-electron chi connectivity index (χ2n) is 5.13. The Morgan fingerprint density at radius 2 is 2.00 bits per heavy atom. The number of hydrogen-bond acceptors (Lipinski definition) is 5. The highest BCUT2D eigenvalue weighted by molar-refractivity contribution is 7.22. The van der Waals surface area contributed by atoms with E-state index in [2.05, 4.69) is 10.3 Å². The predicted molar refractivity (Wildman–Crippen MR) is 89.5 cm³/mol. The molecule has 0 amide bonds. The number of aromatic nitrogens is 1. The van der Waals surface area contributed by atoms with Gasteiger partial charge in [-0.05, 0) is 30.5 Å². The number of aryl methyl sites for hydroxylation is 2. The van der Waals surface area contributed by atoms with Crippen LogP contribution in [0.2, 0.25) is 0 Å². The van der Waals surface area contributed by atoms with Gasteiger partial charge in [0.2, 0.25) is 0 Å². The van der Waals surface area contributed by atoms with Crippen LogP contribution in [0.3, 0.4) is 0 Å². The van der Waals surface area contributed by atoms with E-state index in [1.165, 1.54) is 11.3 Å². The van der Waals surface area contributed by atoms with Crippen molar-refractivity contribution in [2.24, 2.45) is 0 Å². The van der Waals surface area contributed by atoms with Crippen LogP contribution < -0.4 is 5.32 Å². The van der Waals surface area contributed by atoms with E-state index in [4.69, 9.17) is 0 Å². The number of rotatable bonds is 4. The summed E-state index contributed by atoms with van der Waals surface area (Å²) < 4.78 is 0.877. The highest BCUT2D eigenvalue weighted by Gasteiger charge is 2.19. The smallest absolute Gasteiger partial charge is 0.296 e. The first-order chi connectivity index (χ1) is 10.6. The van der Waals surface area contributed by atoms with Crippen molar-refractivity contribution in [1.82, 2.24) is 4.98 Å². The second kappa shape index (κ2) is 5.73. The van der Waals surface area contributed by atoms with Gasteiger partial charge >= 0.3 is 0 Å². The molecule has 3 aromatic rings. The number of nitro benzene ring substituents is 1. The summed E-state index contributed by atoms with van der Waals surface area (Å²) >= 11 is 1.46. The van der Waals surface area contributed by atoms with E-state index in [9.17, 15) is 10.1 Å². The molecule has 1 N–H and O–H groups in total. The standard InChI is InChI=1S/C16H15N3O2S/c1-10-8-13(19(20)21)14-15(11(10)2)22-16(18-14)17-9-12-6-4-3-5-7-12/h3-8H,9H2,1-2H3,(H,17,18). The number of nitrogens with zero attached hydrogens (tertiary/aromatic N) is 2. The summed E-state index contributed by atoms with van der Waals surface area (Å²) in [6.45, 7) is 4.51. The number of fused-ring (bicyclic) bond motifs is 1. The van der Waals surface area contributed by atoms with Gasteiger partial charge in [0.15, 0.2) is 10.6 Å². The minimum atomic E-state index is -0.366. The van der Waals surface area contributed by atoms with Crippen molar-refractivity contribution in [2.75, 3.05) is 5.32 Å². The predicted octanol–water partition coefficient (Wildman–Crippen LogP) is 4.43. The summed E-state index contributed by atoms with van der Waals surface area (Å²) in [5, 5.41) is 15.2. The van der Waals surface area contributed by atoms with Gasteiger partial charge in [0.25, 0.3) is 5.69 Å². The van der Waals surface area contributed by atoms with Crippen LogP contribution in [0.4, 0.5) is 10.8 Å². The van der Waals surface area contributed by atoms with E-state index in [-0.39, 0.29) is 10.6 Å². The van der Waals surface area contributed by atoms with Crippen LogP contribution in [0.5, 0.6) is 0 Å². The van der Waals surface area contributed by atoms with Crippen LogP contribution in [-0.4, -0.2) is 9.91 Å². The molecule has 0 atom stereocenters. The SMILES string of the molecule is Cc1cc([N+](=O)[O-])c2nc(NCc3ccccc3)sc2c1C. The zero-order valence-electron chi connectivity index (χ0n) is 12.3. The zero-order valence-corrected chi connectivity index (χ0v) is 13.1. The van der Waals surface area contributed by atoms with Gasteiger partial charge in [-0.25, -0.2) is 4.98 Å². The number of nitrogens with one attached hydrogen (secondary N) is 1. The lowest BCUT2D eigenvalue weighted by atomic mass is 10.1. The molecule has 0 aliphatic carbocycles. The lowest BCUT2D eigenvalue weighted by molar-refractivity contribution is -0.383. The molecule has 0 aliphatic rings. The van der Waals surface area contributed by atoms with Crippen LogP contribution in [0.25, 0.3) is 10.2 Å². The van der Waals surface area contributed by atoms with Crippen LogP contribution in [0.15, 0.2) is 36.4 Å². The number of anilines is 1. The Labute approximate surface area is 131 Å². The third-order valence-electron chi connectivity index (χ3n) is 3.64. The molecule has 0 spiro atoms. The highest BCUT2D eigenvalue weighted by atomic mass is 32.1. The molecule has 5 nitrogen and oxygen atoms in total. The van der Waals surface area contributed by atoms with Crippen LogP contribution >= 0.6 is 11.3 Å². The van der Waals surface area contributed by atoms with Crippen molar-refractivity contribution in [3.63, 3.8) is 0 Å². The van der Waals surface area contributed by atoms with Crippen LogP contribution in [0, 0.1) is 24.0 Å². The fourth-order valence-electron chi connectivity index (χ4n) is 2.30. The van der Waals surface area contributed by atoms with Gasteiger partial charge < -0.3 is 5.32 Å². The summed E-state index contributed by atoms with van der Waals surface area (Å²) in [4.78, 5) is 15.3. The Bertz CT molecular complexity index is 843. The zero-order chi connectivity index (χ0) is 15.7. The molecule has 1 aromatic heterocycles. The maximum Gasteiger partial charge on any atom is 0.296 e. The first-order valence-electron chi connectivity index (χ1n) is 6.89. The molecule has 0 bridgehead atoms. The minimum absolute atomic E-state index is 0.0714. The number of non-ortho nitro benzene ring substituents is 1. The number of benzene rings is 2. The van der Waals surface area contributed by atoms with Gasteiger partial charge in [0.05, 0.1) is 9.62 Å². The normalized spacial score (nSPS) is 10.8. The van der Waals surface area contributed by atoms with Crippen molar-refractivity contribution in [2.45, 2.75) is 20.4 Å².